The summed E-state index contributed by atoms with van der Waals surface area (Å²) in [6.45, 7) is 5.39. The number of rotatable bonds is 14. The third kappa shape index (κ3) is 8.26. The highest BCUT2D eigenvalue weighted by atomic mass is 16.4. The molecule has 0 unspecified atom stereocenters. The van der Waals surface area contributed by atoms with Gasteiger partial charge in [-0.2, -0.15) is 0 Å². The van der Waals surface area contributed by atoms with E-state index in [0.717, 1.165) is 59.9 Å². The van der Waals surface area contributed by atoms with Gasteiger partial charge in [-0.05, 0) is 56.0 Å². The zero-order valence-electron chi connectivity index (χ0n) is 27.8. The number of anilines is 1. The van der Waals surface area contributed by atoms with Crippen molar-refractivity contribution in [2.45, 2.75) is 65.0 Å². The van der Waals surface area contributed by atoms with Crippen molar-refractivity contribution in [3.05, 3.63) is 65.5 Å². The van der Waals surface area contributed by atoms with Gasteiger partial charge in [0.25, 0.3) is 0 Å². The van der Waals surface area contributed by atoms with Crippen LogP contribution in [0.1, 0.15) is 56.0 Å². The van der Waals surface area contributed by atoms with Gasteiger partial charge in [-0.1, -0.05) is 55.8 Å². The number of nitrogens with two attached hydrogens (primary N) is 1. The standard InChI is InChI=1S/C36H47N7O4/c1-4-5-14-30-39-33-34(28-12-6-7-13-29(28)38-35(33)37)43(30)18-9-17-42(23-26-11-8-10-25(21-26)22-32(45)46)31(44)24-41-19-15-27(16-20-41)36(47)40(2)3/h6-8,10-13,21,27H,4-5,9,14-20,22-24H2,1-3H3,(H2,37,38)(H,45,46). The average molecular weight is 642 g/mol. The minimum Gasteiger partial charge on any atom is -0.481 e. The number of unbranched alkanes of at least 4 members (excludes halogenated alkanes) is 1. The average Bonchev–Trinajstić information content (AvgIpc) is 3.42. The van der Waals surface area contributed by atoms with E-state index in [2.05, 4.69) is 27.4 Å². The maximum Gasteiger partial charge on any atom is 0.307 e. The van der Waals surface area contributed by atoms with Gasteiger partial charge in [-0.3, -0.25) is 19.3 Å². The molecule has 4 aromatic rings. The van der Waals surface area contributed by atoms with Crippen LogP contribution in [0.25, 0.3) is 21.9 Å². The van der Waals surface area contributed by atoms with E-state index in [0.29, 0.717) is 56.0 Å². The van der Waals surface area contributed by atoms with E-state index in [4.69, 9.17) is 10.7 Å². The molecule has 0 atom stereocenters. The van der Waals surface area contributed by atoms with Crippen molar-refractivity contribution in [3.8, 4) is 0 Å². The molecule has 0 saturated carbocycles. The van der Waals surface area contributed by atoms with Gasteiger partial charge in [0.1, 0.15) is 11.3 Å². The molecule has 47 heavy (non-hydrogen) atoms. The molecule has 0 aliphatic carbocycles. The summed E-state index contributed by atoms with van der Waals surface area (Å²) in [5.74, 6) is 0.671. The number of para-hydroxylation sites is 1. The SMILES string of the molecule is CCCCc1nc2c(N)nc3ccccc3c2n1CCCN(Cc1cccc(CC(=O)O)c1)C(=O)CN1CCC(C(=O)N(C)C)CC1. The van der Waals surface area contributed by atoms with E-state index in [1.54, 1.807) is 25.1 Å². The number of hydrogen-bond acceptors (Lipinski definition) is 7. The van der Waals surface area contributed by atoms with E-state index in [1.165, 1.54) is 0 Å². The van der Waals surface area contributed by atoms with Gasteiger partial charge in [0.05, 0.1) is 24.0 Å². The van der Waals surface area contributed by atoms with Crippen LogP contribution in [0.15, 0.2) is 48.5 Å². The molecule has 1 aliphatic heterocycles. The Kier molecular flexibility index (Phi) is 11.1. The third-order valence-electron chi connectivity index (χ3n) is 9.06. The number of aryl methyl sites for hydroxylation is 2. The summed E-state index contributed by atoms with van der Waals surface area (Å²) in [7, 11) is 3.57. The molecule has 11 heteroatoms. The Balaban J connectivity index is 1.36. The van der Waals surface area contributed by atoms with E-state index in [1.807, 2.05) is 41.3 Å². The molecule has 0 spiro atoms. The molecule has 1 aliphatic rings. The lowest BCUT2D eigenvalue weighted by Gasteiger charge is -2.33. The molecule has 5 rings (SSSR count). The zero-order valence-corrected chi connectivity index (χ0v) is 27.8. The molecule has 3 N–H and O–H groups in total. The van der Waals surface area contributed by atoms with Crippen molar-refractivity contribution in [2.75, 3.05) is 46.0 Å². The number of nitrogen functional groups attached to an aromatic ring is 1. The number of fused-ring (bicyclic) bond motifs is 3. The maximum atomic E-state index is 13.9. The number of carbonyl (C=O) groups excluding carboxylic acids is 2. The van der Waals surface area contributed by atoms with Crippen LogP contribution in [0.3, 0.4) is 0 Å². The summed E-state index contributed by atoms with van der Waals surface area (Å²) < 4.78 is 2.26. The number of carboxylic acid groups (broad SMARTS) is 1. The third-order valence-corrected chi connectivity index (χ3v) is 9.06. The van der Waals surface area contributed by atoms with Crippen LogP contribution in [0.5, 0.6) is 0 Å². The van der Waals surface area contributed by atoms with E-state index in [9.17, 15) is 19.5 Å². The van der Waals surface area contributed by atoms with Gasteiger partial charge in [0.2, 0.25) is 11.8 Å². The fourth-order valence-electron chi connectivity index (χ4n) is 6.61. The highest BCUT2D eigenvalue weighted by molar-refractivity contribution is 6.06. The number of aromatic nitrogens is 3. The number of piperidine rings is 1. The maximum absolute atomic E-state index is 13.9. The molecular weight excluding hydrogens is 594 g/mol. The van der Waals surface area contributed by atoms with Crippen molar-refractivity contribution in [1.29, 1.82) is 0 Å². The Morgan fingerprint density at radius 1 is 1.00 bits per heavy atom. The molecule has 2 amide bonds. The number of likely N-dealkylation sites (tertiary alicyclic amines) is 1. The summed E-state index contributed by atoms with van der Waals surface area (Å²) in [5.41, 5.74) is 10.5. The fraction of sp³-hybridized carbons (Fsp3) is 0.472. The largest absolute Gasteiger partial charge is 0.481 e. The molecule has 0 bridgehead atoms. The van der Waals surface area contributed by atoms with Crippen molar-refractivity contribution in [3.63, 3.8) is 0 Å². The lowest BCUT2D eigenvalue weighted by Crippen LogP contribution is -2.45. The number of benzene rings is 2. The Morgan fingerprint density at radius 2 is 1.74 bits per heavy atom. The van der Waals surface area contributed by atoms with E-state index in [-0.39, 0.29) is 30.7 Å². The molecule has 1 saturated heterocycles. The zero-order chi connectivity index (χ0) is 33.5. The monoisotopic (exact) mass is 641 g/mol. The summed E-state index contributed by atoms with van der Waals surface area (Å²) in [6.07, 6.45) is 4.97. The highest BCUT2D eigenvalue weighted by Gasteiger charge is 2.28. The van der Waals surface area contributed by atoms with E-state index >= 15 is 0 Å². The minimum atomic E-state index is -0.888. The molecule has 3 heterocycles. The van der Waals surface area contributed by atoms with Crippen molar-refractivity contribution in [2.24, 2.45) is 5.92 Å². The van der Waals surface area contributed by atoms with Gasteiger partial charge in [-0.25, -0.2) is 9.97 Å². The van der Waals surface area contributed by atoms with Crippen molar-refractivity contribution in [1.82, 2.24) is 29.2 Å². The molecule has 0 radical (unpaired) electrons. The number of hydrogen-bond donors (Lipinski definition) is 2. The first-order valence-corrected chi connectivity index (χ1v) is 16.7. The quantitative estimate of drug-likeness (QED) is 0.207. The number of amides is 2. The van der Waals surface area contributed by atoms with Crippen molar-refractivity contribution < 1.29 is 19.5 Å². The van der Waals surface area contributed by atoms with Crippen LogP contribution in [0, 0.1) is 5.92 Å². The smallest absolute Gasteiger partial charge is 0.307 e. The van der Waals surface area contributed by atoms with Crippen LogP contribution in [-0.4, -0.2) is 92.4 Å². The topological polar surface area (TPSA) is 138 Å². The number of nitrogens with zero attached hydrogens (tertiary/aromatic N) is 6. The second-order valence-electron chi connectivity index (χ2n) is 12.8. The first-order chi connectivity index (χ1) is 22.6. The molecular formula is C36H47N7O4. The van der Waals surface area contributed by atoms with Crippen LogP contribution in [0.2, 0.25) is 0 Å². The van der Waals surface area contributed by atoms with Gasteiger partial charge in [-0.15, -0.1) is 0 Å². The summed E-state index contributed by atoms with van der Waals surface area (Å²) in [5, 5.41) is 10.3. The summed E-state index contributed by atoms with van der Waals surface area (Å²) in [4.78, 5) is 53.0. The van der Waals surface area contributed by atoms with Crippen molar-refractivity contribution >= 4 is 45.5 Å². The molecule has 2 aromatic carbocycles. The Bertz CT molecular complexity index is 1730. The van der Waals surface area contributed by atoms with Crippen LogP contribution in [-0.2, 0) is 40.3 Å². The highest BCUT2D eigenvalue weighted by Crippen LogP contribution is 2.30. The fourth-order valence-corrected chi connectivity index (χ4v) is 6.61. The number of pyridine rings is 1. The lowest BCUT2D eigenvalue weighted by atomic mass is 9.95. The van der Waals surface area contributed by atoms with Gasteiger partial charge < -0.3 is 25.2 Å². The summed E-state index contributed by atoms with van der Waals surface area (Å²) in [6, 6.07) is 15.4. The lowest BCUT2D eigenvalue weighted by molar-refractivity contribution is -0.137. The van der Waals surface area contributed by atoms with E-state index < -0.39 is 5.97 Å². The number of imidazole rings is 1. The Morgan fingerprint density at radius 3 is 2.47 bits per heavy atom. The van der Waals surface area contributed by atoms with Crippen LogP contribution in [0.4, 0.5) is 5.82 Å². The second-order valence-corrected chi connectivity index (χ2v) is 12.8. The molecule has 250 valence electrons. The Hall–Kier alpha value is -4.51. The second kappa shape index (κ2) is 15.4. The molecule has 2 aromatic heterocycles. The van der Waals surface area contributed by atoms with Crippen LogP contribution >= 0.6 is 0 Å². The molecule has 1 fully saturated rings. The number of aliphatic carboxylic acids is 1. The van der Waals surface area contributed by atoms with Gasteiger partial charge >= 0.3 is 5.97 Å². The predicted octanol–water partition coefficient (Wildman–Crippen LogP) is 4.36. The first-order valence-electron chi connectivity index (χ1n) is 16.7. The predicted molar refractivity (Wildman–Crippen MR) is 184 cm³/mol. The van der Waals surface area contributed by atoms with Gasteiger partial charge in [0.15, 0.2) is 5.82 Å². The Labute approximate surface area is 276 Å². The van der Waals surface area contributed by atoms with Gasteiger partial charge in [0, 0.05) is 51.5 Å². The first kappa shape index (κ1) is 33.8. The summed E-state index contributed by atoms with van der Waals surface area (Å²) >= 11 is 0. The minimum absolute atomic E-state index is 0.00310. The van der Waals surface area contributed by atoms with Crippen LogP contribution < -0.4 is 5.73 Å². The normalized spacial score (nSPS) is 14.1. The number of carboxylic acids is 1. The number of carbonyl (C=O) groups is 3. The molecule has 11 nitrogen and oxygen atoms in total.